The lowest BCUT2D eigenvalue weighted by Crippen LogP contribution is -2.33. The second kappa shape index (κ2) is 9.16. The highest BCUT2D eigenvalue weighted by Crippen LogP contribution is 2.32. The van der Waals surface area contributed by atoms with Gasteiger partial charge in [-0.05, 0) is 44.0 Å². The Kier molecular flexibility index (Phi) is 6.92. The predicted octanol–water partition coefficient (Wildman–Crippen LogP) is 3.59. The molecule has 0 aliphatic carbocycles. The SMILES string of the molecule is COc1cccc(C(=O)NCC(=O)Nc2c(C)cc(C)cc2C)c1OC(F)F. The standard InChI is InChI=1S/C20H22F2N2O4/c1-11-8-12(2)17(13(3)9-11)24-16(25)10-23-19(26)14-6-5-7-15(27-4)18(14)28-20(21)22/h5-9,20H,10H2,1-4H3,(H,23,26)(H,24,25). The van der Waals surface area contributed by atoms with E-state index in [1.54, 1.807) is 0 Å². The topological polar surface area (TPSA) is 76.7 Å². The maximum atomic E-state index is 12.7. The minimum Gasteiger partial charge on any atom is -0.493 e. The first-order valence-corrected chi connectivity index (χ1v) is 8.50. The van der Waals surface area contributed by atoms with Gasteiger partial charge in [0.15, 0.2) is 11.5 Å². The largest absolute Gasteiger partial charge is 0.493 e. The molecule has 150 valence electrons. The second-order valence-electron chi connectivity index (χ2n) is 6.22. The second-order valence-corrected chi connectivity index (χ2v) is 6.22. The number of nitrogens with one attached hydrogen (secondary N) is 2. The van der Waals surface area contributed by atoms with Crippen LogP contribution in [0.1, 0.15) is 27.0 Å². The number of aryl methyl sites for hydroxylation is 3. The molecule has 0 aromatic heterocycles. The van der Waals surface area contributed by atoms with Crippen molar-refractivity contribution in [2.75, 3.05) is 19.0 Å². The summed E-state index contributed by atoms with van der Waals surface area (Å²) in [7, 11) is 1.27. The van der Waals surface area contributed by atoms with E-state index >= 15 is 0 Å². The van der Waals surface area contributed by atoms with Gasteiger partial charge in [0, 0.05) is 5.69 Å². The van der Waals surface area contributed by atoms with Crippen LogP contribution in [0.15, 0.2) is 30.3 Å². The first-order chi connectivity index (χ1) is 13.2. The molecule has 0 radical (unpaired) electrons. The maximum Gasteiger partial charge on any atom is 0.387 e. The Hall–Kier alpha value is -3.16. The van der Waals surface area contributed by atoms with Crippen molar-refractivity contribution in [3.05, 3.63) is 52.6 Å². The lowest BCUT2D eigenvalue weighted by molar-refractivity contribution is -0.115. The minimum atomic E-state index is -3.13. The van der Waals surface area contributed by atoms with Gasteiger partial charge in [-0.3, -0.25) is 9.59 Å². The monoisotopic (exact) mass is 392 g/mol. The van der Waals surface area contributed by atoms with Crippen molar-refractivity contribution >= 4 is 17.5 Å². The van der Waals surface area contributed by atoms with Crippen LogP contribution in [0.2, 0.25) is 0 Å². The molecule has 0 saturated heterocycles. The lowest BCUT2D eigenvalue weighted by atomic mass is 10.1. The Morgan fingerprint density at radius 3 is 2.32 bits per heavy atom. The van der Waals surface area contributed by atoms with Gasteiger partial charge in [-0.15, -0.1) is 0 Å². The van der Waals surface area contributed by atoms with Gasteiger partial charge >= 0.3 is 6.61 Å². The Morgan fingerprint density at radius 2 is 1.75 bits per heavy atom. The van der Waals surface area contributed by atoms with Gasteiger partial charge < -0.3 is 20.1 Å². The van der Waals surface area contributed by atoms with E-state index in [0.29, 0.717) is 5.69 Å². The molecule has 2 amide bonds. The van der Waals surface area contributed by atoms with Gasteiger partial charge in [-0.25, -0.2) is 0 Å². The van der Waals surface area contributed by atoms with Crippen molar-refractivity contribution in [3.63, 3.8) is 0 Å². The van der Waals surface area contributed by atoms with Crippen molar-refractivity contribution in [2.45, 2.75) is 27.4 Å². The molecule has 6 nitrogen and oxygen atoms in total. The predicted molar refractivity (Wildman–Crippen MR) is 101 cm³/mol. The summed E-state index contributed by atoms with van der Waals surface area (Å²) in [5, 5.41) is 5.16. The molecule has 0 aliphatic heterocycles. The molecular weight excluding hydrogens is 370 g/mol. The fraction of sp³-hybridized carbons (Fsp3) is 0.300. The van der Waals surface area contributed by atoms with E-state index in [4.69, 9.17) is 4.74 Å². The summed E-state index contributed by atoms with van der Waals surface area (Å²) in [5.41, 5.74) is 3.39. The van der Waals surface area contributed by atoms with Crippen molar-refractivity contribution in [1.82, 2.24) is 5.32 Å². The van der Waals surface area contributed by atoms with Crippen LogP contribution in [0.4, 0.5) is 14.5 Å². The molecule has 8 heteroatoms. The van der Waals surface area contributed by atoms with Gasteiger partial charge in [-0.2, -0.15) is 8.78 Å². The van der Waals surface area contributed by atoms with E-state index in [0.717, 1.165) is 16.7 Å². The Labute approximate surface area is 161 Å². The van der Waals surface area contributed by atoms with Crippen molar-refractivity contribution in [2.24, 2.45) is 0 Å². The highest BCUT2D eigenvalue weighted by Gasteiger charge is 2.20. The van der Waals surface area contributed by atoms with Crippen molar-refractivity contribution in [1.29, 1.82) is 0 Å². The highest BCUT2D eigenvalue weighted by atomic mass is 19.3. The normalized spacial score (nSPS) is 10.5. The zero-order chi connectivity index (χ0) is 20.8. The number of hydrogen-bond donors (Lipinski definition) is 2. The molecule has 0 saturated carbocycles. The number of rotatable bonds is 7. The average Bonchev–Trinajstić information content (AvgIpc) is 2.62. The number of halogens is 2. The average molecular weight is 392 g/mol. The summed E-state index contributed by atoms with van der Waals surface area (Å²) in [4.78, 5) is 24.6. The molecule has 0 fully saturated rings. The summed E-state index contributed by atoms with van der Waals surface area (Å²) in [6.45, 7) is 2.24. The highest BCUT2D eigenvalue weighted by molar-refractivity contribution is 6.01. The van der Waals surface area contributed by atoms with Crippen LogP contribution in [0.5, 0.6) is 11.5 Å². The van der Waals surface area contributed by atoms with E-state index in [9.17, 15) is 18.4 Å². The Bertz CT molecular complexity index is 861. The van der Waals surface area contributed by atoms with Crippen molar-refractivity contribution < 1.29 is 27.8 Å². The first kappa shape index (κ1) is 21.1. The number of ether oxygens (including phenoxy) is 2. The number of anilines is 1. The molecule has 2 aromatic carbocycles. The molecule has 2 N–H and O–H groups in total. The van der Waals surface area contributed by atoms with Crippen LogP contribution >= 0.6 is 0 Å². The summed E-state index contributed by atoms with van der Waals surface area (Å²) in [6, 6.07) is 8.04. The molecule has 28 heavy (non-hydrogen) atoms. The third-order valence-electron chi connectivity index (χ3n) is 4.00. The van der Waals surface area contributed by atoms with E-state index in [1.807, 2.05) is 32.9 Å². The molecule has 0 spiro atoms. The number of carbonyl (C=O) groups is 2. The van der Waals surface area contributed by atoms with E-state index < -0.39 is 18.4 Å². The van der Waals surface area contributed by atoms with Crippen LogP contribution in [-0.2, 0) is 4.79 Å². The summed E-state index contributed by atoms with van der Waals surface area (Å²) < 4.78 is 34.7. The Morgan fingerprint density at radius 1 is 1.11 bits per heavy atom. The molecule has 0 bridgehead atoms. The summed E-state index contributed by atoms with van der Waals surface area (Å²) in [6.07, 6.45) is 0. The zero-order valence-electron chi connectivity index (χ0n) is 16.1. The number of para-hydroxylation sites is 1. The zero-order valence-corrected chi connectivity index (χ0v) is 16.1. The molecule has 0 aliphatic rings. The molecule has 0 heterocycles. The van der Waals surface area contributed by atoms with Crippen molar-refractivity contribution in [3.8, 4) is 11.5 Å². The smallest absolute Gasteiger partial charge is 0.387 e. The number of carbonyl (C=O) groups excluding carboxylic acids is 2. The van der Waals surface area contributed by atoms with Crippen LogP contribution in [0.25, 0.3) is 0 Å². The third kappa shape index (κ3) is 5.18. The van der Waals surface area contributed by atoms with E-state index in [2.05, 4.69) is 15.4 Å². The fourth-order valence-corrected chi connectivity index (χ4v) is 2.88. The van der Waals surface area contributed by atoms with Crippen LogP contribution in [0.3, 0.4) is 0 Å². The van der Waals surface area contributed by atoms with Gasteiger partial charge in [0.1, 0.15) is 0 Å². The molecule has 2 rings (SSSR count). The number of benzene rings is 2. The molecule has 0 atom stereocenters. The summed E-state index contributed by atoms with van der Waals surface area (Å²) >= 11 is 0. The first-order valence-electron chi connectivity index (χ1n) is 8.50. The quantitative estimate of drug-likeness (QED) is 0.755. The fourth-order valence-electron chi connectivity index (χ4n) is 2.88. The number of amides is 2. The molecule has 0 unspecified atom stereocenters. The maximum absolute atomic E-state index is 12.7. The minimum absolute atomic E-state index is 0.0108. The lowest BCUT2D eigenvalue weighted by Gasteiger charge is -2.15. The van der Waals surface area contributed by atoms with Crippen LogP contribution < -0.4 is 20.1 Å². The summed E-state index contributed by atoms with van der Waals surface area (Å²) in [5.74, 6) is -1.57. The van der Waals surface area contributed by atoms with E-state index in [1.165, 1.54) is 25.3 Å². The van der Waals surface area contributed by atoms with Crippen LogP contribution in [-0.4, -0.2) is 32.1 Å². The van der Waals surface area contributed by atoms with Gasteiger partial charge in [-0.1, -0.05) is 23.8 Å². The van der Waals surface area contributed by atoms with Gasteiger partial charge in [0.25, 0.3) is 5.91 Å². The van der Waals surface area contributed by atoms with Gasteiger partial charge in [0.2, 0.25) is 5.91 Å². The van der Waals surface area contributed by atoms with E-state index in [-0.39, 0.29) is 23.6 Å². The van der Waals surface area contributed by atoms with Crippen LogP contribution in [0, 0.1) is 20.8 Å². The number of methoxy groups -OCH3 is 1. The number of alkyl halides is 2. The Balaban J connectivity index is 2.09. The molecular formula is C20H22F2N2O4. The third-order valence-corrected chi connectivity index (χ3v) is 4.00. The number of hydrogen-bond acceptors (Lipinski definition) is 4. The molecule has 2 aromatic rings. The van der Waals surface area contributed by atoms with Gasteiger partial charge in [0.05, 0.1) is 19.2 Å².